The van der Waals surface area contributed by atoms with Gasteiger partial charge in [0.2, 0.25) is 5.91 Å². The van der Waals surface area contributed by atoms with E-state index in [4.69, 9.17) is 0 Å². The molecule has 1 fully saturated rings. The quantitative estimate of drug-likeness (QED) is 0.539. The minimum atomic E-state index is -2.55. The Hall–Kier alpha value is -1.00. The van der Waals surface area contributed by atoms with E-state index in [1.165, 1.54) is 0 Å². The molecule has 0 atom stereocenters. The van der Waals surface area contributed by atoms with Gasteiger partial charge >= 0.3 is 0 Å². The molecule has 0 aliphatic carbocycles. The van der Waals surface area contributed by atoms with Crippen LogP contribution in [0.4, 0.5) is 8.78 Å². The van der Waals surface area contributed by atoms with Crippen LogP contribution in [-0.4, -0.2) is 36.1 Å². The van der Waals surface area contributed by atoms with Crippen molar-refractivity contribution in [1.82, 2.24) is 4.90 Å². The summed E-state index contributed by atoms with van der Waals surface area (Å²) in [5, 5.41) is 0. The molecule has 0 aromatic carbocycles. The lowest BCUT2D eigenvalue weighted by molar-refractivity contribution is -0.129. The molecule has 62 valence electrons. The van der Waals surface area contributed by atoms with Crippen molar-refractivity contribution in [3.63, 3.8) is 0 Å². The normalized spacial score (nSPS) is 18.6. The van der Waals surface area contributed by atoms with Crippen LogP contribution in [0.5, 0.6) is 0 Å². The molecular weight excluding hydrogens is 156 g/mol. The Kier molecular flexibility index (Phi) is 2.16. The molecule has 0 bridgehead atoms. The van der Waals surface area contributed by atoms with Gasteiger partial charge in [-0.05, 0) is 0 Å². The van der Waals surface area contributed by atoms with Gasteiger partial charge in [0.15, 0.2) is 5.78 Å². The highest BCUT2D eigenvalue weighted by Gasteiger charge is 2.28. The van der Waals surface area contributed by atoms with Crippen molar-refractivity contribution in [2.75, 3.05) is 13.1 Å². The van der Waals surface area contributed by atoms with E-state index in [1.807, 2.05) is 0 Å². The van der Waals surface area contributed by atoms with Crippen LogP contribution in [-0.2, 0) is 9.59 Å². The van der Waals surface area contributed by atoms with Gasteiger partial charge in [-0.3, -0.25) is 9.59 Å². The molecule has 0 saturated carbocycles. The third-order valence-electron chi connectivity index (χ3n) is 1.43. The topological polar surface area (TPSA) is 37.4 Å². The van der Waals surface area contributed by atoms with Gasteiger partial charge in [0.25, 0.3) is 6.43 Å². The van der Waals surface area contributed by atoms with Crippen LogP contribution in [0.25, 0.3) is 0 Å². The highest BCUT2D eigenvalue weighted by molar-refractivity contribution is 6.05. The molecule has 1 amide bonds. The molecule has 0 aromatic rings. The van der Waals surface area contributed by atoms with Crippen molar-refractivity contribution in [2.45, 2.75) is 12.8 Å². The molecule has 1 saturated heterocycles. The van der Waals surface area contributed by atoms with E-state index in [2.05, 4.69) is 0 Å². The minimum Gasteiger partial charge on any atom is -0.329 e. The summed E-state index contributed by atoms with van der Waals surface area (Å²) in [6.07, 6.45) is -2.77. The zero-order chi connectivity index (χ0) is 8.43. The Bertz CT molecular complexity index is 193. The molecule has 0 aromatic heterocycles. The van der Waals surface area contributed by atoms with E-state index >= 15 is 0 Å². The maximum Gasteiger partial charge on any atom is 0.255 e. The fourth-order valence-electron chi connectivity index (χ4n) is 0.970. The first-order valence-electron chi connectivity index (χ1n) is 3.17. The van der Waals surface area contributed by atoms with E-state index in [0.717, 1.165) is 4.90 Å². The molecule has 0 N–H and O–H groups in total. The van der Waals surface area contributed by atoms with Crippen LogP contribution < -0.4 is 0 Å². The van der Waals surface area contributed by atoms with E-state index in [1.54, 1.807) is 0 Å². The van der Waals surface area contributed by atoms with Gasteiger partial charge in [-0.2, -0.15) is 0 Å². The Labute approximate surface area is 62.0 Å². The van der Waals surface area contributed by atoms with Crippen molar-refractivity contribution in [2.24, 2.45) is 0 Å². The average Bonchev–Trinajstić information content (AvgIpc) is 2.09. The minimum absolute atomic E-state index is 0.150. The van der Waals surface area contributed by atoms with Crippen LogP contribution >= 0.6 is 0 Å². The van der Waals surface area contributed by atoms with Gasteiger partial charge in [-0.25, -0.2) is 8.78 Å². The van der Waals surface area contributed by atoms with Crippen LogP contribution in [0, 0.1) is 0 Å². The number of amides is 1. The third kappa shape index (κ3) is 1.96. The second-order valence-electron chi connectivity index (χ2n) is 2.38. The molecule has 5 heteroatoms. The first kappa shape index (κ1) is 8.10. The summed E-state index contributed by atoms with van der Waals surface area (Å²) in [5.74, 6) is -0.772. The second kappa shape index (κ2) is 2.94. The van der Waals surface area contributed by atoms with Crippen molar-refractivity contribution in [1.29, 1.82) is 0 Å². The van der Waals surface area contributed by atoms with Crippen molar-refractivity contribution in [3.8, 4) is 0 Å². The fraction of sp³-hybridized carbons (Fsp3) is 0.667. The number of nitrogens with zero attached hydrogens (tertiary/aromatic N) is 1. The first-order valence-corrected chi connectivity index (χ1v) is 3.17. The standard InChI is InChI=1S/C6H7F2NO2/c7-5(8)3-9-2-4(10)1-6(9)11/h5H,1-3H2. The number of carbonyl (C=O) groups is 2. The lowest BCUT2D eigenvalue weighted by Crippen LogP contribution is -2.30. The Morgan fingerprint density at radius 2 is 2.09 bits per heavy atom. The molecular formula is C6H7F2NO2. The second-order valence-corrected chi connectivity index (χ2v) is 2.38. The highest BCUT2D eigenvalue weighted by Crippen LogP contribution is 2.08. The number of alkyl halides is 2. The maximum atomic E-state index is 11.7. The molecule has 0 spiro atoms. The van der Waals surface area contributed by atoms with E-state index < -0.39 is 18.9 Å². The summed E-state index contributed by atoms with van der Waals surface area (Å²) < 4.78 is 23.4. The molecule has 0 unspecified atom stereocenters. The molecule has 1 rings (SSSR count). The number of likely N-dealkylation sites (tertiary alicyclic amines) is 1. The first-order chi connectivity index (χ1) is 5.09. The van der Waals surface area contributed by atoms with Crippen LogP contribution in [0.3, 0.4) is 0 Å². The van der Waals surface area contributed by atoms with E-state index in [9.17, 15) is 18.4 Å². The van der Waals surface area contributed by atoms with Crippen LogP contribution in [0.1, 0.15) is 6.42 Å². The van der Waals surface area contributed by atoms with Gasteiger partial charge in [-0.1, -0.05) is 0 Å². The lowest BCUT2D eigenvalue weighted by Gasteiger charge is -2.12. The molecule has 1 aliphatic heterocycles. The predicted molar refractivity (Wildman–Crippen MR) is 32.2 cm³/mol. The molecule has 1 heterocycles. The van der Waals surface area contributed by atoms with Crippen molar-refractivity contribution in [3.05, 3.63) is 0 Å². The van der Waals surface area contributed by atoms with E-state index in [-0.39, 0.29) is 18.7 Å². The van der Waals surface area contributed by atoms with Crippen LogP contribution in [0.2, 0.25) is 0 Å². The largest absolute Gasteiger partial charge is 0.329 e. The summed E-state index contributed by atoms with van der Waals surface area (Å²) in [6, 6.07) is 0. The smallest absolute Gasteiger partial charge is 0.255 e. The lowest BCUT2D eigenvalue weighted by atomic mass is 10.3. The summed E-state index contributed by atoms with van der Waals surface area (Å²) >= 11 is 0. The number of Topliss-reactive ketones (excluding diaryl/α,β-unsaturated/α-hetero) is 1. The SMILES string of the molecule is O=C1CC(=O)N(CC(F)F)C1. The van der Waals surface area contributed by atoms with Gasteiger partial charge in [0, 0.05) is 0 Å². The summed E-state index contributed by atoms with van der Waals surface area (Å²) in [7, 11) is 0. The van der Waals surface area contributed by atoms with E-state index in [0.29, 0.717) is 0 Å². The zero-order valence-electron chi connectivity index (χ0n) is 5.72. The summed E-state index contributed by atoms with van der Waals surface area (Å²) in [4.78, 5) is 22.1. The number of hydrogen-bond acceptors (Lipinski definition) is 2. The molecule has 1 aliphatic rings. The van der Waals surface area contributed by atoms with Crippen LogP contribution in [0.15, 0.2) is 0 Å². The zero-order valence-corrected chi connectivity index (χ0v) is 5.72. The van der Waals surface area contributed by atoms with Crippen molar-refractivity contribution >= 4 is 11.7 Å². The number of hydrogen-bond donors (Lipinski definition) is 0. The summed E-state index contributed by atoms with van der Waals surface area (Å²) in [5.41, 5.74) is 0. The third-order valence-corrected chi connectivity index (χ3v) is 1.43. The number of ketones is 1. The number of rotatable bonds is 2. The highest BCUT2D eigenvalue weighted by atomic mass is 19.3. The average molecular weight is 163 g/mol. The molecule has 3 nitrogen and oxygen atoms in total. The van der Waals surface area contributed by atoms with Crippen molar-refractivity contribution < 1.29 is 18.4 Å². The van der Waals surface area contributed by atoms with Gasteiger partial charge in [-0.15, -0.1) is 0 Å². The molecule has 11 heavy (non-hydrogen) atoms. The van der Waals surface area contributed by atoms with Gasteiger partial charge in [0.05, 0.1) is 19.5 Å². The monoisotopic (exact) mass is 163 g/mol. The van der Waals surface area contributed by atoms with Gasteiger partial charge < -0.3 is 4.90 Å². The molecule has 0 radical (unpaired) electrons. The maximum absolute atomic E-state index is 11.7. The van der Waals surface area contributed by atoms with Gasteiger partial charge in [0.1, 0.15) is 0 Å². The number of carbonyl (C=O) groups excluding carboxylic acids is 2. The number of halogens is 2. The Balaban J connectivity index is 2.47. The Morgan fingerprint density at radius 1 is 1.45 bits per heavy atom. The fourth-order valence-corrected chi connectivity index (χ4v) is 0.970. The predicted octanol–water partition coefficient (Wildman–Crippen LogP) is 0.0529. The Morgan fingerprint density at radius 3 is 2.45 bits per heavy atom. The summed E-state index contributed by atoms with van der Waals surface area (Å²) in [6.45, 7) is -0.770.